The lowest BCUT2D eigenvalue weighted by atomic mass is 10.1. The number of carbonyl (C=O) groups excluding carboxylic acids is 2. The van der Waals surface area contributed by atoms with Crippen molar-refractivity contribution in [3.63, 3.8) is 0 Å². The lowest BCUT2D eigenvalue weighted by molar-refractivity contribution is -0.118. The van der Waals surface area contributed by atoms with Crippen molar-refractivity contribution < 1.29 is 14.3 Å². The van der Waals surface area contributed by atoms with Crippen LogP contribution >= 0.6 is 0 Å². The number of hydrogen-bond donors (Lipinski definition) is 1. The van der Waals surface area contributed by atoms with Crippen LogP contribution in [0.5, 0.6) is 5.75 Å². The van der Waals surface area contributed by atoms with Crippen LogP contribution in [0.3, 0.4) is 0 Å². The summed E-state index contributed by atoms with van der Waals surface area (Å²) in [4.78, 5) is 31.1. The van der Waals surface area contributed by atoms with Gasteiger partial charge in [0, 0.05) is 30.3 Å². The third-order valence-electron chi connectivity index (χ3n) is 5.51. The summed E-state index contributed by atoms with van der Waals surface area (Å²) in [6, 6.07) is 22.9. The van der Waals surface area contributed by atoms with Crippen molar-refractivity contribution in [2.24, 2.45) is 0 Å². The number of benzene rings is 3. The molecule has 0 unspecified atom stereocenters. The first-order valence-electron chi connectivity index (χ1n) is 10.4. The molecule has 1 aromatic heterocycles. The van der Waals surface area contributed by atoms with Gasteiger partial charge >= 0.3 is 0 Å². The zero-order chi connectivity index (χ0) is 21.9. The quantitative estimate of drug-likeness (QED) is 0.515. The number of fused-ring (bicyclic) bond motifs is 2. The topological polar surface area (TPSA) is 71.5 Å². The molecule has 0 bridgehead atoms. The molecule has 0 spiro atoms. The van der Waals surface area contributed by atoms with Crippen molar-refractivity contribution in [2.45, 2.75) is 6.42 Å². The minimum atomic E-state index is -0.263. The highest BCUT2D eigenvalue weighted by Gasteiger charge is 2.26. The van der Waals surface area contributed by atoms with Crippen LogP contribution in [0, 0.1) is 0 Å². The molecule has 0 radical (unpaired) electrons. The number of carbonyl (C=O) groups is 2. The number of aromatic nitrogens is 1. The van der Waals surface area contributed by atoms with E-state index in [0.717, 1.165) is 28.4 Å². The van der Waals surface area contributed by atoms with Crippen LogP contribution in [0.15, 0.2) is 85.2 Å². The SMILES string of the molecule is O=C(COc1ccc2ccccc2c1)Nc1ccc2c(c1)N(C(=O)c1cccnc1)CC2. The van der Waals surface area contributed by atoms with Gasteiger partial charge in [-0.3, -0.25) is 14.6 Å². The zero-order valence-corrected chi connectivity index (χ0v) is 17.3. The second-order valence-corrected chi connectivity index (χ2v) is 7.64. The summed E-state index contributed by atoms with van der Waals surface area (Å²) in [5.74, 6) is 0.280. The molecule has 3 aromatic carbocycles. The van der Waals surface area contributed by atoms with Crippen molar-refractivity contribution in [2.75, 3.05) is 23.4 Å². The number of anilines is 2. The van der Waals surface area contributed by atoms with Gasteiger partial charge < -0.3 is 15.0 Å². The van der Waals surface area contributed by atoms with Gasteiger partial charge in [0.25, 0.3) is 11.8 Å². The first kappa shape index (κ1) is 19.8. The van der Waals surface area contributed by atoms with E-state index in [1.165, 1.54) is 0 Å². The third kappa shape index (κ3) is 4.03. The van der Waals surface area contributed by atoms with Gasteiger partial charge in [-0.1, -0.05) is 36.4 Å². The molecule has 158 valence electrons. The van der Waals surface area contributed by atoms with Crippen molar-refractivity contribution in [3.05, 3.63) is 96.3 Å². The molecule has 5 rings (SSSR count). The average Bonchev–Trinajstić information content (AvgIpc) is 3.26. The summed E-state index contributed by atoms with van der Waals surface area (Å²) in [6.07, 6.45) is 3.99. The van der Waals surface area contributed by atoms with E-state index in [1.807, 2.05) is 60.7 Å². The van der Waals surface area contributed by atoms with Gasteiger partial charge in [-0.05, 0) is 59.2 Å². The summed E-state index contributed by atoms with van der Waals surface area (Å²) >= 11 is 0. The van der Waals surface area contributed by atoms with Crippen molar-refractivity contribution in [1.82, 2.24) is 4.98 Å². The fourth-order valence-corrected chi connectivity index (χ4v) is 3.92. The smallest absolute Gasteiger partial charge is 0.262 e. The van der Waals surface area contributed by atoms with Crippen LogP contribution in [-0.2, 0) is 11.2 Å². The van der Waals surface area contributed by atoms with E-state index in [9.17, 15) is 9.59 Å². The molecular formula is C26H21N3O3. The van der Waals surface area contributed by atoms with E-state index in [4.69, 9.17) is 4.74 Å². The first-order chi connectivity index (χ1) is 15.7. The van der Waals surface area contributed by atoms with E-state index < -0.39 is 0 Å². The Labute approximate surface area is 185 Å². The second-order valence-electron chi connectivity index (χ2n) is 7.64. The van der Waals surface area contributed by atoms with Crippen LogP contribution in [0.1, 0.15) is 15.9 Å². The Morgan fingerprint density at radius 2 is 1.84 bits per heavy atom. The molecule has 4 aromatic rings. The van der Waals surface area contributed by atoms with Crippen LogP contribution in [-0.4, -0.2) is 29.9 Å². The van der Waals surface area contributed by atoms with Crippen LogP contribution in [0.4, 0.5) is 11.4 Å². The second kappa shape index (κ2) is 8.51. The van der Waals surface area contributed by atoms with Crippen molar-refractivity contribution >= 4 is 34.0 Å². The maximum Gasteiger partial charge on any atom is 0.262 e. The molecule has 1 N–H and O–H groups in total. The van der Waals surface area contributed by atoms with Gasteiger partial charge in [-0.15, -0.1) is 0 Å². The highest BCUT2D eigenvalue weighted by molar-refractivity contribution is 6.07. The maximum absolute atomic E-state index is 12.9. The van der Waals surface area contributed by atoms with E-state index in [2.05, 4.69) is 10.3 Å². The zero-order valence-electron chi connectivity index (χ0n) is 17.3. The number of nitrogens with zero attached hydrogens (tertiary/aromatic N) is 2. The number of amides is 2. The molecule has 32 heavy (non-hydrogen) atoms. The highest BCUT2D eigenvalue weighted by atomic mass is 16.5. The summed E-state index contributed by atoms with van der Waals surface area (Å²) in [6.45, 7) is 0.499. The van der Waals surface area contributed by atoms with Gasteiger partial charge in [-0.25, -0.2) is 0 Å². The molecule has 6 nitrogen and oxygen atoms in total. The summed E-state index contributed by atoms with van der Waals surface area (Å²) in [7, 11) is 0. The standard InChI is InChI=1S/C26H21N3O3/c30-25(17-32-23-10-8-18-4-1-2-5-20(18)14-23)28-22-9-7-19-11-13-29(24(19)15-22)26(31)21-6-3-12-27-16-21/h1-10,12,14-16H,11,13,17H2,(H,28,30). The monoisotopic (exact) mass is 423 g/mol. The number of hydrogen-bond acceptors (Lipinski definition) is 4. The molecule has 0 saturated carbocycles. The number of rotatable bonds is 5. The first-order valence-corrected chi connectivity index (χ1v) is 10.4. The third-order valence-corrected chi connectivity index (χ3v) is 5.51. The maximum atomic E-state index is 12.9. The molecule has 2 heterocycles. The number of nitrogens with one attached hydrogen (secondary N) is 1. The molecule has 6 heteroatoms. The summed E-state index contributed by atoms with van der Waals surface area (Å²) in [5.41, 5.74) is 3.06. The Hall–Kier alpha value is -4.19. The normalized spacial score (nSPS) is 12.4. The predicted octanol–water partition coefficient (Wildman–Crippen LogP) is 4.46. The fraction of sp³-hybridized carbons (Fsp3) is 0.115. The van der Waals surface area contributed by atoms with Crippen molar-refractivity contribution in [1.29, 1.82) is 0 Å². The minimum absolute atomic E-state index is 0.0973. The Bertz CT molecular complexity index is 1300. The van der Waals surface area contributed by atoms with Crippen LogP contribution in [0.25, 0.3) is 10.8 Å². The van der Waals surface area contributed by atoms with Gasteiger partial charge in [0.15, 0.2) is 6.61 Å². The van der Waals surface area contributed by atoms with E-state index in [1.54, 1.807) is 29.4 Å². The molecule has 0 saturated heterocycles. The van der Waals surface area contributed by atoms with Gasteiger partial charge in [-0.2, -0.15) is 0 Å². The minimum Gasteiger partial charge on any atom is -0.484 e. The Balaban J connectivity index is 1.26. The summed E-state index contributed by atoms with van der Waals surface area (Å²) < 4.78 is 5.67. The Kier molecular flexibility index (Phi) is 5.25. The van der Waals surface area contributed by atoms with Gasteiger partial charge in [0.05, 0.1) is 5.56 Å². The Morgan fingerprint density at radius 3 is 2.69 bits per heavy atom. The largest absolute Gasteiger partial charge is 0.484 e. The fourth-order valence-electron chi connectivity index (χ4n) is 3.92. The van der Waals surface area contributed by atoms with Gasteiger partial charge in [0.1, 0.15) is 5.75 Å². The van der Waals surface area contributed by atoms with E-state index >= 15 is 0 Å². The Morgan fingerprint density at radius 1 is 0.969 bits per heavy atom. The molecule has 1 aliphatic rings. The molecule has 0 fully saturated rings. The average molecular weight is 423 g/mol. The van der Waals surface area contributed by atoms with Gasteiger partial charge in [0.2, 0.25) is 0 Å². The van der Waals surface area contributed by atoms with E-state index in [0.29, 0.717) is 23.5 Å². The summed E-state index contributed by atoms with van der Waals surface area (Å²) in [5, 5.41) is 5.04. The number of ether oxygens (including phenoxy) is 1. The van der Waals surface area contributed by atoms with E-state index in [-0.39, 0.29) is 18.4 Å². The molecule has 1 aliphatic heterocycles. The van der Waals surface area contributed by atoms with Crippen LogP contribution < -0.4 is 15.0 Å². The number of pyridine rings is 1. The lowest BCUT2D eigenvalue weighted by Crippen LogP contribution is -2.29. The predicted molar refractivity (Wildman–Crippen MR) is 124 cm³/mol. The molecular weight excluding hydrogens is 402 g/mol. The molecule has 2 amide bonds. The lowest BCUT2D eigenvalue weighted by Gasteiger charge is -2.18. The molecule has 0 atom stereocenters. The molecule has 0 aliphatic carbocycles. The van der Waals surface area contributed by atoms with Crippen molar-refractivity contribution in [3.8, 4) is 5.75 Å². The highest BCUT2D eigenvalue weighted by Crippen LogP contribution is 2.32. The van der Waals surface area contributed by atoms with Crippen LogP contribution in [0.2, 0.25) is 0 Å².